The van der Waals surface area contributed by atoms with Crippen LogP contribution in [0.25, 0.3) is 0 Å². The van der Waals surface area contributed by atoms with Gasteiger partial charge in [-0.15, -0.1) is 0 Å². The largest absolute Gasteiger partial charge is 0.365 e. The molecule has 0 aliphatic rings. The first-order valence-corrected chi connectivity index (χ1v) is 8.39. The van der Waals surface area contributed by atoms with E-state index in [1.807, 2.05) is 12.1 Å². The second kappa shape index (κ2) is 7.20. The Hall–Kier alpha value is -1.18. The van der Waals surface area contributed by atoms with Crippen LogP contribution in [0.3, 0.4) is 0 Å². The van der Waals surface area contributed by atoms with Gasteiger partial charge in [-0.1, -0.05) is 27.7 Å². The molecule has 0 aromatic carbocycles. The van der Waals surface area contributed by atoms with E-state index in [-0.39, 0.29) is 18.8 Å². The molecule has 1 aromatic rings. The molecule has 0 atom stereocenters. The molecular formula is C14H24N2O4S. The Morgan fingerprint density at radius 1 is 1.33 bits per heavy atom. The molecule has 1 N–H and O–H groups in total. The van der Waals surface area contributed by atoms with Crippen LogP contribution in [0, 0.1) is 5.41 Å². The lowest BCUT2D eigenvalue weighted by Crippen LogP contribution is -2.37. The lowest BCUT2D eigenvalue weighted by molar-refractivity contribution is -0.127. The van der Waals surface area contributed by atoms with Gasteiger partial charge in [-0.2, -0.15) is 12.7 Å². The van der Waals surface area contributed by atoms with E-state index in [4.69, 9.17) is 4.18 Å². The third-order valence-electron chi connectivity index (χ3n) is 3.36. The maximum atomic E-state index is 12.2. The van der Waals surface area contributed by atoms with Crippen molar-refractivity contribution in [2.45, 2.75) is 34.1 Å². The minimum atomic E-state index is -3.78. The van der Waals surface area contributed by atoms with Crippen molar-refractivity contribution in [1.29, 1.82) is 0 Å². The van der Waals surface area contributed by atoms with E-state index in [2.05, 4.69) is 4.98 Å². The van der Waals surface area contributed by atoms with Crippen molar-refractivity contribution in [3.05, 3.63) is 24.0 Å². The number of rotatable bonds is 9. The van der Waals surface area contributed by atoms with Crippen molar-refractivity contribution in [3.8, 4) is 0 Å². The van der Waals surface area contributed by atoms with Crippen molar-refractivity contribution in [3.63, 3.8) is 0 Å². The summed E-state index contributed by atoms with van der Waals surface area (Å²) in [6.07, 6.45) is 1.98. The zero-order valence-electron chi connectivity index (χ0n) is 13.0. The first-order chi connectivity index (χ1) is 9.73. The summed E-state index contributed by atoms with van der Waals surface area (Å²) in [6, 6.07) is 3.64. The van der Waals surface area contributed by atoms with Gasteiger partial charge in [-0.25, -0.2) is 0 Å². The van der Waals surface area contributed by atoms with Crippen molar-refractivity contribution in [1.82, 2.24) is 9.29 Å². The third kappa shape index (κ3) is 4.94. The molecular weight excluding hydrogens is 292 g/mol. The molecule has 0 unspecified atom stereocenters. The monoisotopic (exact) mass is 316 g/mol. The Balaban J connectivity index is 2.65. The number of ketones is 1. The molecule has 1 heterocycles. The second-order valence-corrected chi connectivity index (χ2v) is 7.09. The van der Waals surface area contributed by atoms with Crippen molar-refractivity contribution < 1.29 is 17.4 Å². The standard InChI is InChI=1S/C14H24N2O4S/c1-5-16(6-2)21(18,19)20-11-14(3,4)13(17)10-12-8-7-9-15-12/h7-9,15H,5-6,10-11H2,1-4H3. The lowest BCUT2D eigenvalue weighted by atomic mass is 9.87. The van der Waals surface area contributed by atoms with E-state index in [0.29, 0.717) is 13.1 Å². The number of nitrogens with one attached hydrogen (secondary N) is 1. The lowest BCUT2D eigenvalue weighted by Gasteiger charge is -2.25. The SMILES string of the molecule is CCN(CC)S(=O)(=O)OCC(C)(C)C(=O)Cc1ccc[nH]1. The van der Waals surface area contributed by atoms with Gasteiger partial charge in [0.25, 0.3) is 0 Å². The van der Waals surface area contributed by atoms with Crippen molar-refractivity contribution in [2.24, 2.45) is 5.41 Å². The third-order valence-corrected chi connectivity index (χ3v) is 4.92. The van der Waals surface area contributed by atoms with E-state index < -0.39 is 15.7 Å². The first-order valence-electron chi connectivity index (χ1n) is 7.03. The van der Waals surface area contributed by atoms with Crippen LogP contribution in [0.5, 0.6) is 0 Å². The average Bonchev–Trinajstić information content (AvgIpc) is 2.90. The maximum absolute atomic E-state index is 12.2. The smallest absolute Gasteiger partial charge is 0.338 e. The molecule has 1 aromatic heterocycles. The highest BCUT2D eigenvalue weighted by Gasteiger charge is 2.31. The van der Waals surface area contributed by atoms with Gasteiger partial charge in [0.15, 0.2) is 0 Å². The number of carbonyl (C=O) groups is 1. The molecule has 0 spiro atoms. The molecule has 7 heteroatoms. The number of carbonyl (C=O) groups excluding carboxylic acids is 1. The molecule has 0 aliphatic heterocycles. The van der Waals surface area contributed by atoms with Gasteiger partial charge in [-0.05, 0) is 12.1 Å². The van der Waals surface area contributed by atoms with Gasteiger partial charge < -0.3 is 4.98 Å². The summed E-state index contributed by atoms with van der Waals surface area (Å²) in [4.78, 5) is 15.2. The van der Waals surface area contributed by atoms with Crippen LogP contribution in [0.4, 0.5) is 0 Å². The van der Waals surface area contributed by atoms with Crippen LogP contribution in [-0.2, 0) is 25.7 Å². The van der Waals surface area contributed by atoms with Crippen LogP contribution < -0.4 is 0 Å². The highest BCUT2D eigenvalue weighted by Crippen LogP contribution is 2.21. The summed E-state index contributed by atoms with van der Waals surface area (Å²) in [5.74, 6) is -0.0697. The summed E-state index contributed by atoms with van der Waals surface area (Å²) < 4.78 is 30.2. The van der Waals surface area contributed by atoms with Crippen LogP contribution in [0.15, 0.2) is 18.3 Å². The number of hydrogen-bond acceptors (Lipinski definition) is 4. The zero-order chi connectivity index (χ0) is 16.1. The predicted molar refractivity (Wildman–Crippen MR) is 81.1 cm³/mol. The number of aromatic amines is 1. The van der Waals surface area contributed by atoms with E-state index in [9.17, 15) is 13.2 Å². The molecule has 120 valence electrons. The van der Waals surface area contributed by atoms with Gasteiger partial charge in [0.2, 0.25) is 0 Å². The summed E-state index contributed by atoms with van der Waals surface area (Å²) in [7, 11) is -3.78. The summed E-state index contributed by atoms with van der Waals surface area (Å²) >= 11 is 0. The van der Waals surface area contributed by atoms with Gasteiger partial charge in [0.05, 0.1) is 6.61 Å². The van der Waals surface area contributed by atoms with Crippen molar-refractivity contribution >= 4 is 16.1 Å². The maximum Gasteiger partial charge on any atom is 0.338 e. The van der Waals surface area contributed by atoms with E-state index >= 15 is 0 Å². The minimum absolute atomic E-state index is 0.0697. The molecule has 0 saturated heterocycles. The van der Waals surface area contributed by atoms with E-state index in [1.165, 1.54) is 4.31 Å². The molecule has 0 bridgehead atoms. The van der Waals surface area contributed by atoms with Gasteiger partial charge in [0, 0.05) is 36.8 Å². The number of Topliss-reactive ketones (excluding diaryl/α,β-unsaturated/α-hetero) is 1. The number of nitrogens with zero attached hydrogens (tertiary/aromatic N) is 1. The highest BCUT2D eigenvalue weighted by atomic mass is 32.2. The van der Waals surface area contributed by atoms with Crippen LogP contribution in [0.2, 0.25) is 0 Å². The van der Waals surface area contributed by atoms with Gasteiger partial charge >= 0.3 is 10.3 Å². The van der Waals surface area contributed by atoms with Crippen LogP contribution in [-0.4, -0.2) is 43.2 Å². The molecule has 0 radical (unpaired) electrons. The fourth-order valence-electron chi connectivity index (χ4n) is 1.81. The normalized spacial score (nSPS) is 12.8. The Morgan fingerprint density at radius 2 is 1.95 bits per heavy atom. The molecule has 6 nitrogen and oxygen atoms in total. The highest BCUT2D eigenvalue weighted by molar-refractivity contribution is 7.84. The topological polar surface area (TPSA) is 79.5 Å². The zero-order valence-corrected chi connectivity index (χ0v) is 13.9. The Morgan fingerprint density at radius 3 is 2.43 bits per heavy atom. The molecule has 1 rings (SSSR count). The molecule has 0 saturated carbocycles. The van der Waals surface area contributed by atoms with Crippen LogP contribution >= 0.6 is 0 Å². The first kappa shape index (κ1) is 17.9. The fraction of sp³-hybridized carbons (Fsp3) is 0.643. The summed E-state index contributed by atoms with van der Waals surface area (Å²) in [5, 5.41) is 0. The van der Waals surface area contributed by atoms with Gasteiger partial charge in [-0.3, -0.25) is 8.98 Å². The number of H-pyrrole nitrogens is 1. The van der Waals surface area contributed by atoms with Gasteiger partial charge in [0.1, 0.15) is 5.78 Å². The number of aromatic nitrogens is 1. The Bertz CT molecular complexity index is 546. The Labute approximate surface area is 126 Å². The molecule has 0 amide bonds. The predicted octanol–water partition coefficient (Wildman–Crippen LogP) is 1.76. The Kier molecular flexibility index (Phi) is 6.12. The van der Waals surface area contributed by atoms with E-state index in [1.54, 1.807) is 33.9 Å². The summed E-state index contributed by atoms with van der Waals surface area (Å²) in [6.45, 7) is 7.39. The molecule has 21 heavy (non-hydrogen) atoms. The quantitative estimate of drug-likeness (QED) is 0.753. The van der Waals surface area contributed by atoms with Crippen molar-refractivity contribution in [2.75, 3.05) is 19.7 Å². The number of hydrogen-bond donors (Lipinski definition) is 1. The molecule has 0 aliphatic carbocycles. The van der Waals surface area contributed by atoms with Crippen LogP contribution in [0.1, 0.15) is 33.4 Å². The average molecular weight is 316 g/mol. The van der Waals surface area contributed by atoms with E-state index in [0.717, 1.165) is 5.69 Å². The molecule has 0 fully saturated rings. The second-order valence-electron chi connectivity index (χ2n) is 5.48. The summed E-state index contributed by atoms with van der Waals surface area (Å²) in [5.41, 5.74) is -0.0645. The fourth-order valence-corrected chi connectivity index (χ4v) is 3.03. The minimum Gasteiger partial charge on any atom is -0.365 e.